The molecule has 0 fully saturated rings. The molecular weight excluding hydrogens is 220 g/mol. The van der Waals surface area contributed by atoms with Gasteiger partial charge in [-0.1, -0.05) is 44.2 Å². The van der Waals surface area contributed by atoms with Crippen LogP contribution in [0, 0.1) is 6.92 Å². The lowest BCUT2D eigenvalue weighted by atomic mass is 9.98. The molecule has 0 amide bonds. The van der Waals surface area contributed by atoms with Crippen molar-refractivity contribution < 1.29 is 0 Å². The number of nitrogens with zero attached hydrogens (tertiary/aromatic N) is 2. The molecular formula is C16H22N2. The van der Waals surface area contributed by atoms with Crippen LogP contribution in [-0.2, 0) is 0 Å². The van der Waals surface area contributed by atoms with Crippen molar-refractivity contribution in [3.8, 4) is 11.1 Å². The van der Waals surface area contributed by atoms with Crippen LogP contribution in [0.2, 0.25) is 0 Å². The Morgan fingerprint density at radius 1 is 1.00 bits per heavy atom. The van der Waals surface area contributed by atoms with E-state index in [-0.39, 0.29) is 0 Å². The Balaban J connectivity index is 2.65. The smallest absolute Gasteiger partial charge is 0.0731 e. The van der Waals surface area contributed by atoms with Crippen molar-refractivity contribution in [1.82, 2.24) is 9.78 Å². The van der Waals surface area contributed by atoms with Gasteiger partial charge in [-0.05, 0) is 32.3 Å². The largest absolute Gasteiger partial charge is 0.266 e. The molecule has 0 aliphatic carbocycles. The molecule has 0 radical (unpaired) electrons. The fourth-order valence-corrected chi connectivity index (χ4v) is 2.41. The van der Waals surface area contributed by atoms with E-state index >= 15 is 0 Å². The maximum atomic E-state index is 4.80. The fourth-order valence-electron chi connectivity index (χ4n) is 2.41. The van der Waals surface area contributed by atoms with Crippen molar-refractivity contribution in [3.63, 3.8) is 0 Å². The second-order valence-electron chi connectivity index (χ2n) is 5.40. The highest BCUT2D eigenvalue weighted by Crippen LogP contribution is 2.32. The molecule has 0 unspecified atom stereocenters. The summed E-state index contributed by atoms with van der Waals surface area (Å²) in [7, 11) is 0. The lowest BCUT2D eigenvalue weighted by molar-refractivity contribution is 0.511. The van der Waals surface area contributed by atoms with E-state index in [1.54, 1.807) is 0 Å². The summed E-state index contributed by atoms with van der Waals surface area (Å²) in [5.74, 6) is 0.443. The molecule has 18 heavy (non-hydrogen) atoms. The van der Waals surface area contributed by atoms with Gasteiger partial charge in [-0.25, -0.2) is 0 Å². The van der Waals surface area contributed by atoms with Crippen LogP contribution in [-0.4, -0.2) is 9.78 Å². The zero-order valence-corrected chi connectivity index (χ0v) is 11.9. The van der Waals surface area contributed by atoms with E-state index in [9.17, 15) is 0 Å². The molecule has 1 aromatic carbocycles. The van der Waals surface area contributed by atoms with Gasteiger partial charge < -0.3 is 0 Å². The van der Waals surface area contributed by atoms with E-state index in [4.69, 9.17) is 5.10 Å². The SMILES string of the molecule is Cc1c(-c2ccccc2)c(C(C)C)nn1C(C)C. The van der Waals surface area contributed by atoms with Gasteiger partial charge in [-0.3, -0.25) is 4.68 Å². The van der Waals surface area contributed by atoms with Crippen LogP contribution >= 0.6 is 0 Å². The van der Waals surface area contributed by atoms with Crippen LogP contribution < -0.4 is 0 Å². The number of hydrogen-bond acceptors (Lipinski definition) is 1. The van der Waals surface area contributed by atoms with E-state index < -0.39 is 0 Å². The summed E-state index contributed by atoms with van der Waals surface area (Å²) in [5.41, 5.74) is 5.04. The van der Waals surface area contributed by atoms with Crippen molar-refractivity contribution in [2.24, 2.45) is 0 Å². The summed E-state index contributed by atoms with van der Waals surface area (Å²) in [6.45, 7) is 10.9. The van der Waals surface area contributed by atoms with E-state index in [2.05, 4.69) is 69.6 Å². The maximum absolute atomic E-state index is 4.80. The number of benzene rings is 1. The second-order valence-corrected chi connectivity index (χ2v) is 5.40. The summed E-state index contributed by atoms with van der Waals surface area (Å²) in [6.07, 6.45) is 0. The van der Waals surface area contributed by atoms with E-state index in [1.807, 2.05) is 0 Å². The first-order chi connectivity index (χ1) is 8.52. The summed E-state index contributed by atoms with van der Waals surface area (Å²) in [5, 5.41) is 4.80. The number of rotatable bonds is 3. The Labute approximate surface area is 110 Å². The molecule has 0 bridgehead atoms. The van der Waals surface area contributed by atoms with Gasteiger partial charge in [-0.2, -0.15) is 5.10 Å². The topological polar surface area (TPSA) is 17.8 Å². The monoisotopic (exact) mass is 242 g/mol. The van der Waals surface area contributed by atoms with Crippen LogP contribution in [0.5, 0.6) is 0 Å². The average molecular weight is 242 g/mol. The van der Waals surface area contributed by atoms with Crippen LogP contribution in [0.3, 0.4) is 0 Å². The molecule has 0 atom stereocenters. The first-order valence-electron chi connectivity index (χ1n) is 6.66. The average Bonchev–Trinajstić information content (AvgIpc) is 2.68. The van der Waals surface area contributed by atoms with Crippen molar-refractivity contribution in [1.29, 1.82) is 0 Å². The van der Waals surface area contributed by atoms with Crippen LogP contribution in [0.25, 0.3) is 11.1 Å². The van der Waals surface area contributed by atoms with Gasteiger partial charge in [0.05, 0.1) is 5.69 Å². The lowest BCUT2D eigenvalue weighted by Crippen LogP contribution is -2.05. The summed E-state index contributed by atoms with van der Waals surface area (Å²) in [4.78, 5) is 0. The molecule has 1 aromatic heterocycles. The Morgan fingerprint density at radius 2 is 1.61 bits per heavy atom. The molecule has 2 heteroatoms. The molecule has 2 nitrogen and oxygen atoms in total. The highest BCUT2D eigenvalue weighted by Gasteiger charge is 2.19. The van der Waals surface area contributed by atoms with Crippen LogP contribution in [0.4, 0.5) is 0 Å². The number of hydrogen-bond donors (Lipinski definition) is 0. The van der Waals surface area contributed by atoms with Crippen molar-refractivity contribution in [2.75, 3.05) is 0 Å². The van der Waals surface area contributed by atoms with Crippen molar-refractivity contribution >= 4 is 0 Å². The third-order valence-electron chi connectivity index (χ3n) is 3.28. The lowest BCUT2D eigenvalue weighted by Gasteiger charge is -2.08. The molecule has 2 rings (SSSR count). The van der Waals surface area contributed by atoms with Crippen molar-refractivity contribution in [2.45, 2.75) is 46.6 Å². The Bertz CT molecular complexity index is 522. The molecule has 0 spiro atoms. The highest BCUT2D eigenvalue weighted by molar-refractivity contribution is 5.69. The predicted octanol–water partition coefficient (Wildman–Crippen LogP) is 4.56. The van der Waals surface area contributed by atoms with Gasteiger partial charge in [0.15, 0.2) is 0 Å². The Morgan fingerprint density at radius 3 is 2.11 bits per heavy atom. The zero-order valence-electron chi connectivity index (χ0n) is 11.9. The van der Waals surface area contributed by atoms with Crippen molar-refractivity contribution in [3.05, 3.63) is 41.7 Å². The highest BCUT2D eigenvalue weighted by atomic mass is 15.3. The summed E-state index contributed by atoms with van der Waals surface area (Å²) >= 11 is 0. The molecule has 0 saturated carbocycles. The third kappa shape index (κ3) is 2.20. The summed E-state index contributed by atoms with van der Waals surface area (Å²) in [6, 6.07) is 11.0. The minimum atomic E-state index is 0.403. The maximum Gasteiger partial charge on any atom is 0.0731 e. The first-order valence-corrected chi connectivity index (χ1v) is 6.66. The van der Waals surface area contributed by atoms with E-state index in [0.29, 0.717) is 12.0 Å². The normalized spacial score (nSPS) is 11.5. The minimum Gasteiger partial charge on any atom is -0.266 e. The van der Waals surface area contributed by atoms with Gasteiger partial charge in [0.2, 0.25) is 0 Å². The fraction of sp³-hybridized carbons (Fsp3) is 0.438. The quantitative estimate of drug-likeness (QED) is 0.771. The zero-order chi connectivity index (χ0) is 13.3. The molecule has 2 aromatic rings. The first kappa shape index (κ1) is 12.9. The van der Waals surface area contributed by atoms with Gasteiger partial charge in [0.1, 0.15) is 0 Å². The van der Waals surface area contributed by atoms with Gasteiger partial charge >= 0.3 is 0 Å². The van der Waals surface area contributed by atoms with Crippen LogP contribution in [0.1, 0.15) is 51.0 Å². The third-order valence-corrected chi connectivity index (χ3v) is 3.28. The Kier molecular flexibility index (Phi) is 3.55. The molecule has 0 N–H and O–H groups in total. The second kappa shape index (κ2) is 4.97. The molecule has 0 aliphatic rings. The predicted molar refractivity (Wildman–Crippen MR) is 76.9 cm³/mol. The molecule has 0 aliphatic heterocycles. The van der Waals surface area contributed by atoms with E-state index in [0.717, 1.165) is 0 Å². The van der Waals surface area contributed by atoms with E-state index in [1.165, 1.54) is 22.5 Å². The van der Waals surface area contributed by atoms with Crippen LogP contribution in [0.15, 0.2) is 30.3 Å². The standard InChI is InChI=1S/C16H22N2/c1-11(2)16-15(14-9-7-6-8-10-14)13(5)18(17-16)12(3)4/h6-12H,1-5H3. The molecule has 0 saturated heterocycles. The van der Waals surface area contributed by atoms with Gasteiger partial charge in [-0.15, -0.1) is 0 Å². The Hall–Kier alpha value is -1.57. The molecule has 1 heterocycles. The molecule has 96 valence electrons. The van der Waals surface area contributed by atoms with Gasteiger partial charge in [0.25, 0.3) is 0 Å². The summed E-state index contributed by atoms with van der Waals surface area (Å²) < 4.78 is 2.14. The minimum absolute atomic E-state index is 0.403. The van der Waals surface area contributed by atoms with Gasteiger partial charge in [0, 0.05) is 17.3 Å². The number of aromatic nitrogens is 2.